The summed E-state index contributed by atoms with van der Waals surface area (Å²) in [7, 11) is 0. The molecule has 1 saturated heterocycles. The zero-order chi connectivity index (χ0) is 17.4. The van der Waals surface area contributed by atoms with E-state index < -0.39 is 0 Å². The van der Waals surface area contributed by atoms with Crippen LogP contribution < -0.4 is 4.90 Å². The molecule has 0 spiro atoms. The second-order valence-corrected chi connectivity index (χ2v) is 7.30. The zero-order valence-electron chi connectivity index (χ0n) is 15.1. The van der Waals surface area contributed by atoms with Crippen LogP contribution in [0.2, 0.25) is 0 Å². The molecule has 132 valence electrons. The highest BCUT2D eigenvalue weighted by atomic mass is 16.2. The Labute approximate surface area is 149 Å². The van der Waals surface area contributed by atoms with E-state index in [9.17, 15) is 4.79 Å². The third kappa shape index (κ3) is 3.03. The Hall–Kier alpha value is -2.30. The fourth-order valence-electron chi connectivity index (χ4n) is 4.29. The smallest absolute Gasteiger partial charge is 0.227 e. The molecule has 4 rings (SSSR count). The molecule has 1 amide bonds. The van der Waals surface area contributed by atoms with Gasteiger partial charge in [-0.05, 0) is 44.7 Å². The van der Waals surface area contributed by atoms with Crippen molar-refractivity contribution in [2.75, 3.05) is 24.5 Å². The Balaban J connectivity index is 1.45. The van der Waals surface area contributed by atoms with Gasteiger partial charge in [-0.3, -0.25) is 9.89 Å². The molecule has 1 aromatic heterocycles. The van der Waals surface area contributed by atoms with Crippen molar-refractivity contribution in [2.45, 2.75) is 45.6 Å². The minimum atomic E-state index is 0.239. The first-order chi connectivity index (χ1) is 12.1. The van der Waals surface area contributed by atoms with Crippen LogP contribution in [0, 0.1) is 13.8 Å². The number of aromatic amines is 1. The predicted molar refractivity (Wildman–Crippen MR) is 98.9 cm³/mol. The summed E-state index contributed by atoms with van der Waals surface area (Å²) in [6.07, 6.45) is 3.79. The van der Waals surface area contributed by atoms with Gasteiger partial charge in [0.2, 0.25) is 5.91 Å². The number of para-hydroxylation sites is 1. The Morgan fingerprint density at radius 1 is 1.28 bits per heavy atom. The number of amides is 1. The third-order valence-electron chi connectivity index (χ3n) is 5.72. The van der Waals surface area contributed by atoms with Crippen molar-refractivity contribution < 1.29 is 4.79 Å². The number of rotatable bonds is 4. The van der Waals surface area contributed by atoms with Crippen molar-refractivity contribution in [3.63, 3.8) is 0 Å². The number of carbonyl (C=O) groups is 1. The molecule has 0 radical (unpaired) electrons. The molecule has 1 fully saturated rings. The molecule has 0 saturated carbocycles. The Morgan fingerprint density at radius 2 is 2.12 bits per heavy atom. The molecule has 1 N–H and O–H groups in total. The number of anilines is 1. The number of hydrogen-bond donors (Lipinski definition) is 1. The van der Waals surface area contributed by atoms with Crippen LogP contribution in [0.1, 0.15) is 35.4 Å². The molecular weight excluding hydrogens is 312 g/mol. The van der Waals surface area contributed by atoms with Crippen LogP contribution in [0.25, 0.3) is 0 Å². The van der Waals surface area contributed by atoms with E-state index in [4.69, 9.17) is 0 Å². The Morgan fingerprint density at radius 3 is 2.92 bits per heavy atom. The van der Waals surface area contributed by atoms with Crippen molar-refractivity contribution in [3.8, 4) is 0 Å². The van der Waals surface area contributed by atoms with E-state index in [-0.39, 0.29) is 5.91 Å². The van der Waals surface area contributed by atoms with E-state index >= 15 is 0 Å². The van der Waals surface area contributed by atoms with Gasteiger partial charge in [-0.15, -0.1) is 0 Å². The minimum absolute atomic E-state index is 0.239. The second-order valence-electron chi connectivity index (χ2n) is 7.30. The maximum absolute atomic E-state index is 12.9. The average molecular weight is 338 g/mol. The lowest BCUT2D eigenvalue weighted by atomic mass is 10.1. The highest BCUT2D eigenvalue weighted by molar-refractivity contribution is 5.80. The van der Waals surface area contributed by atoms with Gasteiger partial charge in [0.25, 0.3) is 0 Å². The molecule has 2 aromatic rings. The lowest BCUT2D eigenvalue weighted by Gasteiger charge is -2.30. The first kappa shape index (κ1) is 16.2. The van der Waals surface area contributed by atoms with Gasteiger partial charge in [0, 0.05) is 42.6 Å². The maximum atomic E-state index is 12.9. The van der Waals surface area contributed by atoms with Gasteiger partial charge in [0.1, 0.15) is 0 Å². The normalized spacial score (nSPS) is 19.5. The fraction of sp³-hybridized carbons (Fsp3) is 0.500. The van der Waals surface area contributed by atoms with Gasteiger partial charge in [-0.1, -0.05) is 18.2 Å². The molecule has 3 heterocycles. The van der Waals surface area contributed by atoms with E-state index in [0.29, 0.717) is 12.5 Å². The molecule has 5 nitrogen and oxygen atoms in total. The van der Waals surface area contributed by atoms with Crippen molar-refractivity contribution in [1.29, 1.82) is 0 Å². The number of fused-ring (bicyclic) bond motifs is 1. The van der Waals surface area contributed by atoms with Gasteiger partial charge >= 0.3 is 0 Å². The van der Waals surface area contributed by atoms with Crippen LogP contribution >= 0.6 is 0 Å². The number of nitrogens with one attached hydrogen (secondary N) is 1. The summed E-state index contributed by atoms with van der Waals surface area (Å²) in [5, 5.41) is 7.20. The number of nitrogens with zero attached hydrogens (tertiary/aromatic N) is 3. The molecule has 25 heavy (non-hydrogen) atoms. The molecule has 0 aliphatic carbocycles. The third-order valence-corrected chi connectivity index (χ3v) is 5.72. The zero-order valence-corrected chi connectivity index (χ0v) is 15.1. The fourth-order valence-corrected chi connectivity index (χ4v) is 4.29. The van der Waals surface area contributed by atoms with Crippen LogP contribution in [0.15, 0.2) is 24.3 Å². The van der Waals surface area contributed by atoms with E-state index in [0.717, 1.165) is 55.8 Å². The summed E-state index contributed by atoms with van der Waals surface area (Å²) in [6, 6.07) is 8.98. The number of hydrogen-bond acceptors (Lipinski definition) is 3. The number of H-pyrrole nitrogens is 1. The number of aromatic nitrogens is 2. The number of likely N-dealkylation sites (tertiary alicyclic amines) is 1. The molecular formula is C20H26N4O. The van der Waals surface area contributed by atoms with Crippen molar-refractivity contribution in [2.24, 2.45) is 0 Å². The quantitative estimate of drug-likeness (QED) is 0.932. The van der Waals surface area contributed by atoms with Crippen LogP contribution in [0.5, 0.6) is 0 Å². The van der Waals surface area contributed by atoms with Crippen molar-refractivity contribution in [3.05, 3.63) is 46.8 Å². The summed E-state index contributed by atoms with van der Waals surface area (Å²) in [5.74, 6) is 0.239. The highest BCUT2D eigenvalue weighted by Crippen LogP contribution is 2.30. The predicted octanol–water partition coefficient (Wildman–Crippen LogP) is 2.62. The van der Waals surface area contributed by atoms with Gasteiger partial charge in [0.05, 0.1) is 12.1 Å². The number of aryl methyl sites for hydroxylation is 2. The molecule has 2 aliphatic rings. The molecule has 5 heteroatoms. The Kier molecular flexibility index (Phi) is 4.24. The highest BCUT2D eigenvalue weighted by Gasteiger charge is 2.32. The number of benzene rings is 1. The number of carbonyl (C=O) groups excluding carboxylic acids is 1. The van der Waals surface area contributed by atoms with Gasteiger partial charge < -0.3 is 9.80 Å². The second kappa shape index (κ2) is 6.54. The summed E-state index contributed by atoms with van der Waals surface area (Å²) < 4.78 is 0. The summed E-state index contributed by atoms with van der Waals surface area (Å²) >= 11 is 0. The SMILES string of the molecule is Cc1n[nH]c(C)c1CC(=O)N1CCCC1CN1CCc2ccccc21. The molecule has 2 aliphatic heterocycles. The van der Waals surface area contributed by atoms with Crippen molar-refractivity contribution in [1.82, 2.24) is 15.1 Å². The first-order valence-corrected chi connectivity index (χ1v) is 9.26. The van der Waals surface area contributed by atoms with E-state index in [2.05, 4.69) is 44.3 Å². The van der Waals surface area contributed by atoms with Crippen LogP contribution in [-0.4, -0.2) is 46.7 Å². The summed E-state index contributed by atoms with van der Waals surface area (Å²) in [5.41, 5.74) is 5.79. The van der Waals surface area contributed by atoms with Crippen LogP contribution in [0.3, 0.4) is 0 Å². The van der Waals surface area contributed by atoms with E-state index in [1.807, 2.05) is 13.8 Å². The minimum Gasteiger partial charge on any atom is -0.369 e. The maximum Gasteiger partial charge on any atom is 0.227 e. The molecule has 1 unspecified atom stereocenters. The van der Waals surface area contributed by atoms with Crippen LogP contribution in [0.4, 0.5) is 5.69 Å². The van der Waals surface area contributed by atoms with Gasteiger partial charge in [-0.2, -0.15) is 5.10 Å². The largest absolute Gasteiger partial charge is 0.369 e. The molecule has 0 bridgehead atoms. The van der Waals surface area contributed by atoms with Gasteiger partial charge in [-0.25, -0.2) is 0 Å². The Bertz CT molecular complexity index is 762. The van der Waals surface area contributed by atoms with E-state index in [1.165, 1.54) is 11.3 Å². The monoisotopic (exact) mass is 338 g/mol. The summed E-state index contributed by atoms with van der Waals surface area (Å²) in [6.45, 7) is 6.86. The molecule has 1 aromatic carbocycles. The van der Waals surface area contributed by atoms with E-state index in [1.54, 1.807) is 0 Å². The van der Waals surface area contributed by atoms with Crippen molar-refractivity contribution >= 4 is 11.6 Å². The lowest BCUT2D eigenvalue weighted by Crippen LogP contribution is -2.43. The van der Waals surface area contributed by atoms with Gasteiger partial charge in [0.15, 0.2) is 0 Å². The topological polar surface area (TPSA) is 52.2 Å². The standard InChI is InChI=1S/C20H26N4O/c1-14-18(15(2)22-21-14)12-20(25)24-10-5-7-17(24)13-23-11-9-16-6-3-4-8-19(16)23/h3-4,6,8,17H,5,7,9-13H2,1-2H3,(H,21,22). The lowest BCUT2D eigenvalue weighted by molar-refractivity contribution is -0.131. The summed E-state index contributed by atoms with van der Waals surface area (Å²) in [4.78, 5) is 17.5. The van der Waals surface area contributed by atoms with Crippen LogP contribution in [-0.2, 0) is 17.6 Å². The first-order valence-electron chi connectivity index (χ1n) is 9.26. The average Bonchev–Trinajstić information content (AvgIpc) is 3.31. The molecule has 1 atom stereocenters.